The third-order valence-electron chi connectivity index (χ3n) is 6.28. The highest BCUT2D eigenvalue weighted by molar-refractivity contribution is 5.96. The van der Waals surface area contributed by atoms with Gasteiger partial charge in [0, 0.05) is 17.8 Å². The topological polar surface area (TPSA) is 65.8 Å². The second kappa shape index (κ2) is 9.09. The van der Waals surface area contributed by atoms with Crippen LogP contribution in [0.5, 0.6) is 17.2 Å². The molecule has 34 heavy (non-hydrogen) atoms. The lowest BCUT2D eigenvalue weighted by molar-refractivity contribution is -0.119. The van der Waals surface area contributed by atoms with Gasteiger partial charge in [0.25, 0.3) is 0 Å². The number of amides is 1. The first kappa shape index (κ1) is 21.8. The van der Waals surface area contributed by atoms with E-state index in [2.05, 4.69) is 6.07 Å². The molecule has 1 aliphatic rings. The maximum Gasteiger partial charge on any atom is 0.247 e. The van der Waals surface area contributed by atoms with Gasteiger partial charge in [-0.2, -0.15) is 0 Å². The zero-order valence-electron chi connectivity index (χ0n) is 19.6. The molecule has 0 saturated heterocycles. The van der Waals surface area contributed by atoms with Crippen LogP contribution in [-0.4, -0.2) is 43.3 Å². The van der Waals surface area contributed by atoms with Crippen molar-refractivity contribution in [2.24, 2.45) is 0 Å². The number of fused-ring (bicyclic) bond motifs is 2. The van der Waals surface area contributed by atoms with Gasteiger partial charge in [-0.05, 0) is 48.7 Å². The van der Waals surface area contributed by atoms with Crippen LogP contribution in [-0.2, 0) is 17.8 Å². The van der Waals surface area contributed by atoms with Crippen molar-refractivity contribution in [3.8, 4) is 28.6 Å². The number of ether oxygens (including phenoxy) is 3. The van der Waals surface area contributed by atoms with Gasteiger partial charge in [0.1, 0.15) is 12.4 Å². The smallest absolute Gasteiger partial charge is 0.247 e. The SMILES string of the molecule is COc1cc(-c2nc3ccccc3n2CC(=O)N2CCCc3ccccc32)cc(OC)c1OC. The molecule has 0 N–H and O–H groups in total. The monoisotopic (exact) mass is 457 g/mol. The van der Waals surface area contributed by atoms with Gasteiger partial charge in [-0.1, -0.05) is 30.3 Å². The quantitative estimate of drug-likeness (QED) is 0.420. The fraction of sp³-hybridized carbons (Fsp3) is 0.259. The number of hydrogen-bond donors (Lipinski definition) is 0. The minimum absolute atomic E-state index is 0.0315. The third kappa shape index (κ3) is 3.73. The number of nitrogens with zero attached hydrogens (tertiary/aromatic N) is 3. The van der Waals surface area contributed by atoms with E-state index in [0.717, 1.165) is 35.1 Å². The number of carbonyl (C=O) groups excluding carboxylic acids is 1. The Morgan fingerprint density at radius 3 is 2.38 bits per heavy atom. The van der Waals surface area contributed by atoms with Crippen LogP contribution in [0.3, 0.4) is 0 Å². The summed E-state index contributed by atoms with van der Waals surface area (Å²) in [6.07, 6.45) is 1.94. The Kier molecular flexibility index (Phi) is 5.84. The second-order valence-electron chi connectivity index (χ2n) is 8.20. The fourth-order valence-corrected chi connectivity index (χ4v) is 4.68. The summed E-state index contributed by atoms with van der Waals surface area (Å²) in [5.41, 5.74) is 4.69. The van der Waals surface area contributed by atoms with Crippen molar-refractivity contribution >= 4 is 22.6 Å². The molecule has 0 saturated carbocycles. The van der Waals surface area contributed by atoms with Gasteiger partial charge >= 0.3 is 0 Å². The molecule has 7 nitrogen and oxygen atoms in total. The van der Waals surface area contributed by atoms with Gasteiger partial charge in [0.05, 0.1) is 32.4 Å². The Bertz CT molecular complexity index is 1340. The molecule has 4 aromatic rings. The lowest BCUT2D eigenvalue weighted by atomic mass is 10.0. The van der Waals surface area contributed by atoms with Gasteiger partial charge in [0.2, 0.25) is 11.7 Å². The highest BCUT2D eigenvalue weighted by Gasteiger charge is 2.25. The Morgan fingerprint density at radius 1 is 0.941 bits per heavy atom. The van der Waals surface area contributed by atoms with Gasteiger partial charge in [0.15, 0.2) is 11.5 Å². The molecule has 0 bridgehead atoms. The van der Waals surface area contributed by atoms with Crippen LogP contribution in [0.4, 0.5) is 5.69 Å². The van der Waals surface area contributed by atoms with Crippen LogP contribution in [0, 0.1) is 0 Å². The Hall–Kier alpha value is -4.00. The van der Waals surface area contributed by atoms with Crippen LogP contribution in [0.25, 0.3) is 22.4 Å². The van der Waals surface area contributed by atoms with E-state index in [9.17, 15) is 4.79 Å². The van der Waals surface area contributed by atoms with Crippen molar-refractivity contribution in [1.29, 1.82) is 0 Å². The standard InChI is InChI=1S/C27H27N3O4/c1-32-23-15-19(16-24(33-2)26(23)34-3)27-28-20-11-5-7-13-22(20)30(27)17-25(31)29-14-8-10-18-9-4-6-12-21(18)29/h4-7,9,11-13,15-16H,8,10,14,17H2,1-3H3. The number of methoxy groups -OCH3 is 3. The lowest BCUT2D eigenvalue weighted by Crippen LogP contribution is -2.37. The maximum atomic E-state index is 13.6. The van der Waals surface area contributed by atoms with Crippen LogP contribution < -0.4 is 19.1 Å². The van der Waals surface area contributed by atoms with Crippen molar-refractivity contribution in [2.45, 2.75) is 19.4 Å². The molecule has 0 unspecified atom stereocenters. The molecule has 0 spiro atoms. The first-order chi connectivity index (χ1) is 16.6. The number of benzene rings is 3. The van der Waals surface area contributed by atoms with E-state index in [1.54, 1.807) is 21.3 Å². The van der Waals surface area contributed by atoms with Crippen LogP contribution >= 0.6 is 0 Å². The summed E-state index contributed by atoms with van der Waals surface area (Å²) in [4.78, 5) is 20.4. The average molecular weight is 458 g/mol. The molecule has 174 valence electrons. The first-order valence-electron chi connectivity index (χ1n) is 11.3. The number of aryl methyl sites for hydroxylation is 1. The van der Waals surface area contributed by atoms with Crippen molar-refractivity contribution in [1.82, 2.24) is 9.55 Å². The molecule has 1 aliphatic heterocycles. The summed E-state index contributed by atoms with van der Waals surface area (Å²) >= 11 is 0. The minimum Gasteiger partial charge on any atom is -0.493 e. The normalized spacial score (nSPS) is 13.0. The fourth-order valence-electron chi connectivity index (χ4n) is 4.68. The number of carbonyl (C=O) groups is 1. The molecule has 0 atom stereocenters. The predicted molar refractivity (Wildman–Crippen MR) is 132 cm³/mol. The highest BCUT2D eigenvalue weighted by Crippen LogP contribution is 2.41. The highest BCUT2D eigenvalue weighted by atomic mass is 16.5. The zero-order valence-corrected chi connectivity index (χ0v) is 19.6. The summed E-state index contributed by atoms with van der Waals surface area (Å²) in [5, 5.41) is 0. The van der Waals surface area contributed by atoms with Gasteiger partial charge in [-0.25, -0.2) is 4.98 Å². The molecular formula is C27H27N3O4. The first-order valence-corrected chi connectivity index (χ1v) is 11.3. The molecule has 0 aliphatic carbocycles. The van der Waals surface area contributed by atoms with E-state index in [-0.39, 0.29) is 12.5 Å². The van der Waals surface area contributed by atoms with E-state index >= 15 is 0 Å². The summed E-state index contributed by atoms with van der Waals surface area (Å²) in [6, 6.07) is 19.7. The molecular weight excluding hydrogens is 430 g/mol. The number of aromatic nitrogens is 2. The third-order valence-corrected chi connectivity index (χ3v) is 6.28. The number of anilines is 1. The number of rotatable bonds is 6. The van der Waals surface area contributed by atoms with E-state index in [1.807, 2.05) is 64.1 Å². The molecule has 7 heteroatoms. The van der Waals surface area contributed by atoms with E-state index in [1.165, 1.54) is 5.56 Å². The van der Waals surface area contributed by atoms with Gasteiger partial charge in [-0.15, -0.1) is 0 Å². The Balaban J connectivity index is 1.60. The van der Waals surface area contributed by atoms with E-state index in [0.29, 0.717) is 29.6 Å². The second-order valence-corrected chi connectivity index (χ2v) is 8.20. The van der Waals surface area contributed by atoms with Gasteiger partial charge < -0.3 is 23.7 Å². The van der Waals surface area contributed by atoms with Crippen molar-refractivity contribution in [3.05, 3.63) is 66.2 Å². The summed E-state index contributed by atoms with van der Waals surface area (Å²) in [5.74, 6) is 2.28. The average Bonchev–Trinajstić information content (AvgIpc) is 3.25. The zero-order chi connectivity index (χ0) is 23.7. The molecule has 1 amide bonds. The molecule has 1 aromatic heterocycles. The van der Waals surface area contributed by atoms with Crippen LogP contribution in [0.1, 0.15) is 12.0 Å². The van der Waals surface area contributed by atoms with Crippen molar-refractivity contribution in [2.75, 3.05) is 32.8 Å². The number of para-hydroxylation sites is 3. The van der Waals surface area contributed by atoms with E-state index in [4.69, 9.17) is 19.2 Å². The lowest BCUT2D eigenvalue weighted by Gasteiger charge is -2.30. The number of imidazole rings is 1. The predicted octanol–water partition coefficient (Wildman–Crippen LogP) is 4.71. The maximum absolute atomic E-state index is 13.6. The Labute approximate surface area is 198 Å². The summed E-state index contributed by atoms with van der Waals surface area (Å²) in [6.45, 7) is 0.878. The van der Waals surface area contributed by atoms with Gasteiger partial charge in [-0.3, -0.25) is 4.79 Å². The molecule has 0 fully saturated rings. The number of hydrogen-bond acceptors (Lipinski definition) is 5. The molecule has 0 radical (unpaired) electrons. The largest absolute Gasteiger partial charge is 0.493 e. The van der Waals surface area contributed by atoms with Crippen LogP contribution in [0.2, 0.25) is 0 Å². The summed E-state index contributed by atoms with van der Waals surface area (Å²) in [7, 11) is 4.74. The van der Waals surface area contributed by atoms with Crippen molar-refractivity contribution < 1.29 is 19.0 Å². The van der Waals surface area contributed by atoms with Crippen molar-refractivity contribution in [3.63, 3.8) is 0 Å². The molecule has 3 aromatic carbocycles. The molecule has 5 rings (SSSR count). The molecule has 2 heterocycles. The van der Waals surface area contributed by atoms with Crippen LogP contribution in [0.15, 0.2) is 60.7 Å². The summed E-state index contributed by atoms with van der Waals surface area (Å²) < 4.78 is 18.6. The minimum atomic E-state index is 0.0315. The van der Waals surface area contributed by atoms with E-state index < -0.39 is 0 Å². The Morgan fingerprint density at radius 2 is 1.65 bits per heavy atom.